The first-order chi connectivity index (χ1) is 7.25. The zero-order chi connectivity index (χ0) is 10.7. The van der Waals surface area contributed by atoms with Crippen LogP contribution in [0.3, 0.4) is 0 Å². The topological polar surface area (TPSA) is 17.1 Å². The molecule has 0 bridgehead atoms. The first-order valence-corrected chi connectivity index (χ1v) is 7.68. The van der Waals surface area contributed by atoms with Crippen molar-refractivity contribution in [3.63, 3.8) is 0 Å². The van der Waals surface area contributed by atoms with E-state index in [1.54, 1.807) is 23.1 Å². The second kappa shape index (κ2) is 5.30. The van der Waals surface area contributed by atoms with Crippen LogP contribution in [0.4, 0.5) is 0 Å². The van der Waals surface area contributed by atoms with E-state index in [1.165, 1.54) is 15.5 Å². The maximum atomic E-state index is 11.7. The van der Waals surface area contributed by atoms with Crippen LogP contribution in [0.25, 0.3) is 0 Å². The van der Waals surface area contributed by atoms with E-state index < -0.39 is 0 Å². The SMILES string of the molecule is O=C(CSc1cccs1)c1ccc(Br)s1. The third kappa shape index (κ3) is 3.17. The second-order valence-electron chi connectivity index (χ2n) is 2.75. The molecule has 15 heavy (non-hydrogen) atoms. The summed E-state index contributed by atoms with van der Waals surface area (Å²) < 4.78 is 2.20. The van der Waals surface area contributed by atoms with Crippen molar-refractivity contribution in [3.8, 4) is 0 Å². The molecule has 0 saturated carbocycles. The lowest BCUT2D eigenvalue weighted by atomic mass is 10.4. The summed E-state index contributed by atoms with van der Waals surface area (Å²) in [5.74, 6) is 0.720. The molecule has 78 valence electrons. The van der Waals surface area contributed by atoms with Gasteiger partial charge in [-0.2, -0.15) is 0 Å². The monoisotopic (exact) mass is 318 g/mol. The van der Waals surface area contributed by atoms with Crippen molar-refractivity contribution in [2.24, 2.45) is 0 Å². The number of rotatable bonds is 4. The fourth-order valence-corrected chi connectivity index (χ4v) is 4.10. The Bertz CT molecular complexity index is 447. The van der Waals surface area contributed by atoms with Gasteiger partial charge in [0.15, 0.2) is 5.78 Å². The van der Waals surface area contributed by atoms with Crippen molar-refractivity contribution >= 4 is 56.1 Å². The predicted octanol–water partition coefficient (Wildman–Crippen LogP) is 4.55. The third-order valence-electron chi connectivity index (χ3n) is 1.69. The molecule has 0 fully saturated rings. The largest absolute Gasteiger partial charge is 0.292 e. The molecular weight excluding hydrogens is 312 g/mol. The standard InChI is InChI=1S/C10H7BrOS3/c11-9-4-3-8(15-9)7(12)6-14-10-2-1-5-13-10/h1-5H,6H2. The van der Waals surface area contributed by atoms with E-state index in [9.17, 15) is 4.79 Å². The van der Waals surface area contributed by atoms with Gasteiger partial charge in [-0.15, -0.1) is 34.4 Å². The predicted molar refractivity (Wildman–Crippen MR) is 71.4 cm³/mol. The number of carbonyl (C=O) groups excluding carboxylic acids is 1. The quantitative estimate of drug-likeness (QED) is 0.607. The van der Waals surface area contributed by atoms with Crippen LogP contribution in [0.15, 0.2) is 37.6 Å². The molecule has 0 radical (unpaired) electrons. The molecule has 0 N–H and O–H groups in total. The number of ketones is 1. The van der Waals surface area contributed by atoms with Crippen molar-refractivity contribution < 1.29 is 4.79 Å². The van der Waals surface area contributed by atoms with Crippen molar-refractivity contribution in [3.05, 3.63) is 38.3 Å². The average Bonchev–Trinajstić information content (AvgIpc) is 2.84. The van der Waals surface area contributed by atoms with Gasteiger partial charge in [-0.3, -0.25) is 4.79 Å². The minimum absolute atomic E-state index is 0.198. The molecule has 1 nitrogen and oxygen atoms in total. The lowest BCUT2D eigenvalue weighted by Crippen LogP contribution is -1.98. The van der Waals surface area contributed by atoms with Gasteiger partial charge in [-0.05, 0) is 39.5 Å². The Labute approximate surface area is 109 Å². The van der Waals surface area contributed by atoms with Gasteiger partial charge in [0.25, 0.3) is 0 Å². The molecule has 5 heteroatoms. The van der Waals surface area contributed by atoms with Gasteiger partial charge in [-0.1, -0.05) is 6.07 Å². The zero-order valence-electron chi connectivity index (χ0n) is 7.60. The van der Waals surface area contributed by atoms with Gasteiger partial charge >= 0.3 is 0 Å². The molecule has 0 saturated heterocycles. The molecule has 2 aromatic rings. The molecule has 2 rings (SSSR count). The van der Waals surface area contributed by atoms with Crippen molar-refractivity contribution in [1.29, 1.82) is 0 Å². The van der Waals surface area contributed by atoms with E-state index >= 15 is 0 Å². The van der Waals surface area contributed by atoms with Crippen molar-refractivity contribution in [1.82, 2.24) is 0 Å². The lowest BCUT2D eigenvalue weighted by Gasteiger charge is -1.95. The maximum Gasteiger partial charge on any atom is 0.183 e. The Hall–Kier alpha value is -0.100. The summed E-state index contributed by atoms with van der Waals surface area (Å²) in [4.78, 5) is 12.6. The fraction of sp³-hybridized carbons (Fsp3) is 0.100. The fourth-order valence-electron chi connectivity index (χ4n) is 1.02. The average molecular weight is 319 g/mol. The van der Waals surface area contributed by atoms with Crippen LogP contribution in [-0.2, 0) is 0 Å². The van der Waals surface area contributed by atoms with Crippen LogP contribution >= 0.6 is 50.4 Å². The second-order valence-corrected chi connectivity index (χ2v) is 7.43. The first-order valence-electron chi connectivity index (χ1n) is 4.20. The number of thiophene rings is 2. The molecule has 2 heterocycles. The highest BCUT2D eigenvalue weighted by Crippen LogP contribution is 2.27. The Morgan fingerprint density at radius 3 is 2.87 bits per heavy atom. The number of halogens is 1. The highest BCUT2D eigenvalue weighted by molar-refractivity contribution is 9.11. The molecule has 0 aliphatic carbocycles. The van der Waals surface area contributed by atoms with Gasteiger partial charge < -0.3 is 0 Å². The molecule has 0 aliphatic heterocycles. The normalized spacial score (nSPS) is 10.5. The molecule has 0 unspecified atom stereocenters. The summed E-state index contributed by atoms with van der Waals surface area (Å²) in [6, 6.07) is 7.81. The Kier molecular flexibility index (Phi) is 4.02. The van der Waals surface area contributed by atoms with Crippen LogP contribution in [0.5, 0.6) is 0 Å². The van der Waals surface area contributed by atoms with Crippen molar-refractivity contribution in [2.75, 3.05) is 5.75 Å². The van der Waals surface area contributed by atoms with E-state index in [1.807, 2.05) is 29.6 Å². The van der Waals surface area contributed by atoms with E-state index in [0.717, 1.165) is 8.66 Å². The molecule has 0 atom stereocenters. The number of hydrogen-bond donors (Lipinski definition) is 0. The highest BCUT2D eigenvalue weighted by atomic mass is 79.9. The van der Waals surface area contributed by atoms with Crippen LogP contribution < -0.4 is 0 Å². The molecule has 0 aliphatic rings. The minimum atomic E-state index is 0.198. The highest BCUT2D eigenvalue weighted by Gasteiger charge is 2.09. The first kappa shape index (κ1) is 11.4. The minimum Gasteiger partial charge on any atom is -0.292 e. The Balaban J connectivity index is 1.93. The van der Waals surface area contributed by atoms with E-state index in [0.29, 0.717) is 5.75 Å². The van der Waals surface area contributed by atoms with Gasteiger partial charge in [0, 0.05) is 0 Å². The lowest BCUT2D eigenvalue weighted by molar-refractivity contribution is 0.102. The summed E-state index contributed by atoms with van der Waals surface area (Å²) in [6.45, 7) is 0. The van der Waals surface area contributed by atoms with Gasteiger partial charge in [-0.25, -0.2) is 0 Å². The third-order valence-corrected chi connectivity index (χ3v) is 5.48. The van der Waals surface area contributed by atoms with Crippen molar-refractivity contribution in [2.45, 2.75) is 4.21 Å². The number of Topliss-reactive ketones (excluding diaryl/α,β-unsaturated/α-hetero) is 1. The van der Waals surface area contributed by atoms with Crippen LogP contribution in [0.2, 0.25) is 0 Å². The summed E-state index contributed by atoms with van der Waals surface area (Å²) in [6.07, 6.45) is 0. The van der Waals surface area contributed by atoms with E-state index in [4.69, 9.17) is 0 Å². The molecule has 0 spiro atoms. The van der Waals surface area contributed by atoms with Crippen LogP contribution in [0.1, 0.15) is 9.67 Å². The Morgan fingerprint density at radius 1 is 1.40 bits per heavy atom. The van der Waals surface area contributed by atoms with E-state index in [2.05, 4.69) is 15.9 Å². The number of carbonyl (C=O) groups is 1. The zero-order valence-corrected chi connectivity index (χ0v) is 11.6. The van der Waals surface area contributed by atoms with Crippen LogP contribution in [-0.4, -0.2) is 11.5 Å². The summed E-state index contributed by atoms with van der Waals surface area (Å²) in [7, 11) is 0. The Morgan fingerprint density at radius 2 is 2.27 bits per heavy atom. The smallest absolute Gasteiger partial charge is 0.183 e. The van der Waals surface area contributed by atoms with Gasteiger partial charge in [0.2, 0.25) is 0 Å². The molecule has 0 amide bonds. The molecule has 2 aromatic heterocycles. The van der Waals surface area contributed by atoms with Gasteiger partial charge in [0.1, 0.15) is 0 Å². The summed E-state index contributed by atoms with van der Waals surface area (Å²) in [5, 5.41) is 2.02. The maximum absolute atomic E-state index is 11.7. The number of thioether (sulfide) groups is 1. The van der Waals surface area contributed by atoms with Crippen LogP contribution in [0, 0.1) is 0 Å². The molecule has 0 aromatic carbocycles. The van der Waals surface area contributed by atoms with Gasteiger partial charge in [0.05, 0.1) is 18.6 Å². The summed E-state index contributed by atoms with van der Waals surface area (Å²) >= 11 is 8.11. The van der Waals surface area contributed by atoms with E-state index in [-0.39, 0.29) is 5.78 Å². The molecular formula is C10H7BrOS3. The summed E-state index contributed by atoms with van der Waals surface area (Å²) in [5.41, 5.74) is 0. The number of hydrogen-bond acceptors (Lipinski definition) is 4.